The van der Waals surface area contributed by atoms with Gasteiger partial charge < -0.3 is 14.8 Å². The number of rotatable bonds is 5. The highest BCUT2D eigenvalue weighted by atomic mass is 16.5. The molecule has 1 N–H and O–H groups in total. The maximum atomic E-state index is 11.5. The molecule has 0 bridgehead atoms. The molecule has 2 aromatic rings. The van der Waals surface area contributed by atoms with E-state index >= 15 is 0 Å². The summed E-state index contributed by atoms with van der Waals surface area (Å²) in [7, 11) is 1.32. The standard InChI is InChI=1S/C15H17N3O3/c1-4-21-12-7-5-11(6-8-12)17-15-16-10(2)9-13(18-15)14(19)20-3/h5-9H,4H2,1-3H3,(H,16,17,18). The zero-order valence-electron chi connectivity index (χ0n) is 12.2. The number of ether oxygens (including phenoxy) is 2. The van der Waals surface area contributed by atoms with Gasteiger partial charge in [0.25, 0.3) is 0 Å². The number of esters is 1. The zero-order chi connectivity index (χ0) is 15.2. The van der Waals surface area contributed by atoms with E-state index < -0.39 is 5.97 Å². The van der Waals surface area contributed by atoms with Gasteiger partial charge in [-0.2, -0.15) is 0 Å². The Kier molecular flexibility index (Phi) is 4.71. The molecule has 2 rings (SSSR count). The summed E-state index contributed by atoms with van der Waals surface area (Å²) in [5.41, 5.74) is 1.71. The second-order valence-electron chi connectivity index (χ2n) is 4.29. The first-order valence-electron chi connectivity index (χ1n) is 6.56. The number of hydrogen-bond donors (Lipinski definition) is 1. The van der Waals surface area contributed by atoms with Crippen molar-refractivity contribution in [3.63, 3.8) is 0 Å². The number of hydrogen-bond acceptors (Lipinski definition) is 6. The van der Waals surface area contributed by atoms with Crippen LogP contribution >= 0.6 is 0 Å². The Hall–Kier alpha value is -2.63. The van der Waals surface area contributed by atoms with Crippen LogP contribution in [-0.2, 0) is 4.74 Å². The molecule has 0 unspecified atom stereocenters. The molecular formula is C15H17N3O3. The van der Waals surface area contributed by atoms with Gasteiger partial charge >= 0.3 is 5.97 Å². The molecule has 1 heterocycles. The van der Waals surface area contributed by atoms with Crippen molar-refractivity contribution in [3.05, 3.63) is 41.7 Å². The number of nitrogens with zero attached hydrogens (tertiary/aromatic N) is 2. The van der Waals surface area contributed by atoms with Crippen molar-refractivity contribution >= 4 is 17.6 Å². The first kappa shape index (κ1) is 14.8. The van der Waals surface area contributed by atoms with E-state index in [0.29, 0.717) is 18.2 Å². The summed E-state index contributed by atoms with van der Waals surface area (Å²) in [5.74, 6) is 0.651. The summed E-state index contributed by atoms with van der Waals surface area (Å²) in [6.45, 7) is 4.34. The van der Waals surface area contributed by atoms with Crippen LogP contribution in [0.15, 0.2) is 30.3 Å². The smallest absolute Gasteiger partial charge is 0.356 e. The summed E-state index contributed by atoms with van der Waals surface area (Å²) in [6, 6.07) is 8.99. The highest BCUT2D eigenvalue weighted by Gasteiger charge is 2.10. The Labute approximate surface area is 123 Å². The summed E-state index contributed by atoms with van der Waals surface area (Å²) >= 11 is 0. The normalized spacial score (nSPS) is 10.0. The third-order valence-electron chi connectivity index (χ3n) is 2.67. The van der Waals surface area contributed by atoms with Crippen molar-refractivity contribution in [1.82, 2.24) is 9.97 Å². The van der Waals surface area contributed by atoms with Crippen molar-refractivity contribution in [2.45, 2.75) is 13.8 Å². The molecule has 0 aliphatic rings. The minimum absolute atomic E-state index is 0.221. The van der Waals surface area contributed by atoms with Crippen LogP contribution in [0.2, 0.25) is 0 Å². The second-order valence-corrected chi connectivity index (χ2v) is 4.29. The van der Waals surface area contributed by atoms with E-state index in [4.69, 9.17) is 4.74 Å². The number of carbonyl (C=O) groups is 1. The Balaban J connectivity index is 2.18. The van der Waals surface area contributed by atoms with Crippen molar-refractivity contribution in [2.24, 2.45) is 0 Å². The third-order valence-corrected chi connectivity index (χ3v) is 2.67. The van der Waals surface area contributed by atoms with Gasteiger partial charge in [-0.1, -0.05) is 0 Å². The maximum Gasteiger partial charge on any atom is 0.356 e. The number of anilines is 2. The molecule has 0 fully saturated rings. The minimum Gasteiger partial charge on any atom is -0.494 e. The lowest BCUT2D eigenvalue weighted by Crippen LogP contribution is -2.08. The molecule has 0 amide bonds. The highest BCUT2D eigenvalue weighted by Crippen LogP contribution is 2.18. The summed E-state index contributed by atoms with van der Waals surface area (Å²) < 4.78 is 10.0. The fourth-order valence-corrected chi connectivity index (χ4v) is 1.76. The van der Waals surface area contributed by atoms with Crippen molar-refractivity contribution in [1.29, 1.82) is 0 Å². The van der Waals surface area contributed by atoms with Gasteiger partial charge in [-0.05, 0) is 44.2 Å². The van der Waals surface area contributed by atoms with Gasteiger partial charge in [0.05, 0.1) is 13.7 Å². The highest BCUT2D eigenvalue weighted by molar-refractivity contribution is 5.87. The van der Waals surface area contributed by atoms with Crippen LogP contribution in [0, 0.1) is 6.92 Å². The lowest BCUT2D eigenvalue weighted by Gasteiger charge is -2.08. The minimum atomic E-state index is -0.491. The van der Waals surface area contributed by atoms with E-state index in [9.17, 15) is 4.79 Å². The van der Waals surface area contributed by atoms with E-state index in [1.54, 1.807) is 13.0 Å². The van der Waals surface area contributed by atoms with Crippen LogP contribution < -0.4 is 10.1 Å². The van der Waals surface area contributed by atoms with Gasteiger partial charge in [0.1, 0.15) is 5.75 Å². The molecule has 21 heavy (non-hydrogen) atoms. The predicted molar refractivity (Wildman–Crippen MR) is 79.0 cm³/mol. The van der Waals surface area contributed by atoms with Crippen LogP contribution in [0.4, 0.5) is 11.6 Å². The lowest BCUT2D eigenvalue weighted by molar-refractivity contribution is 0.0594. The van der Waals surface area contributed by atoms with Crippen LogP contribution in [0.5, 0.6) is 5.75 Å². The number of methoxy groups -OCH3 is 1. The average molecular weight is 287 g/mol. The monoisotopic (exact) mass is 287 g/mol. The molecular weight excluding hydrogens is 270 g/mol. The number of benzene rings is 1. The largest absolute Gasteiger partial charge is 0.494 e. The van der Waals surface area contributed by atoms with Crippen LogP contribution in [0.1, 0.15) is 23.1 Å². The van der Waals surface area contributed by atoms with Gasteiger partial charge in [0, 0.05) is 11.4 Å². The zero-order valence-corrected chi connectivity index (χ0v) is 12.2. The van der Waals surface area contributed by atoms with E-state index in [2.05, 4.69) is 20.0 Å². The lowest BCUT2D eigenvalue weighted by atomic mass is 10.3. The van der Waals surface area contributed by atoms with E-state index in [0.717, 1.165) is 11.4 Å². The number of carbonyl (C=O) groups excluding carboxylic acids is 1. The number of aryl methyl sites for hydroxylation is 1. The fourth-order valence-electron chi connectivity index (χ4n) is 1.76. The first-order chi connectivity index (χ1) is 10.1. The van der Waals surface area contributed by atoms with Gasteiger partial charge in [-0.15, -0.1) is 0 Å². The van der Waals surface area contributed by atoms with Crippen LogP contribution in [0.3, 0.4) is 0 Å². The Morgan fingerprint density at radius 1 is 1.24 bits per heavy atom. The Morgan fingerprint density at radius 2 is 1.95 bits per heavy atom. The fraction of sp³-hybridized carbons (Fsp3) is 0.267. The van der Waals surface area contributed by atoms with E-state index in [-0.39, 0.29) is 5.69 Å². The molecule has 0 saturated carbocycles. The number of nitrogens with one attached hydrogen (secondary N) is 1. The molecule has 1 aromatic heterocycles. The Morgan fingerprint density at radius 3 is 2.57 bits per heavy atom. The van der Waals surface area contributed by atoms with Crippen LogP contribution in [-0.4, -0.2) is 29.7 Å². The quantitative estimate of drug-likeness (QED) is 0.852. The molecule has 6 heteroatoms. The van der Waals surface area contributed by atoms with Gasteiger partial charge in [0.2, 0.25) is 5.95 Å². The van der Waals surface area contributed by atoms with E-state index in [1.165, 1.54) is 7.11 Å². The molecule has 110 valence electrons. The van der Waals surface area contributed by atoms with Crippen molar-refractivity contribution in [2.75, 3.05) is 19.0 Å². The van der Waals surface area contributed by atoms with E-state index in [1.807, 2.05) is 31.2 Å². The second kappa shape index (κ2) is 6.69. The van der Waals surface area contributed by atoms with Crippen molar-refractivity contribution in [3.8, 4) is 5.75 Å². The molecule has 0 saturated heterocycles. The number of aromatic nitrogens is 2. The van der Waals surface area contributed by atoms with Gasteiger partial charge in [-0.3, -0.25) is 0 Å². The Bertz CT molecular complexity index is 627. The topological polar surface area (TPSA) is 73.3 Å². The van der Waals surface area contributed by atoms with Crippen molar-refractivity contribution < 1.29 is 14.3 Å². The van der Waals surface area contributed by atoms with Gasteiger partial charge in [0.15, 0.2) is 5.69 Å². The molecule has 0 aliphatic carbocycles. The summed E-state index contributed by atoms with van der Waals surface area (Å²) in [4.78, 5) is 19.9. The summed E-state index contributed by atoms with van der Waals surface area (Å²) in [5, 5.41) is 3.05. The molecule has 0 atom stereocenters. The van der Waals surface area contributed by atoms with Gasteiger partial charge in [-0.25, -0.2) is 14.8 Å². The first-order valence-corrected chi connectivity index (χ1v) is 6.56. The summed E-state index contributed by atoms with van der Waals surface area (Å²) in [6.07, 6.45) is 0. The predicted octanol–water partition coefficient (Wildman–Crippen LogP) is 2.71. The molecule has 0 aliphatic heterocycles. The third kappa shape index (κ3) is 3.92. The molecule has 0 spiro atoms. The molecule has 6 nitrogen and oxygen atoms in total. The average Bonchev–Trinajstić information content (AvgIpc) is 2.48. The molecule has 1 aromatic carbocycles. The maximum absolute atomic E-state index is 11.5. The van der Waals surface area contributed by atoms with Crippen LogP contribution in [0.25, 0.3) is 0 Å². The molecule has 0 radical (unpaired) electrons. The SMILES string of the molecule is CCOc1ccc(Nc2nc(C)cc(C(=O)OC)n2)cc1.